The molecule has 7 heteroatoms. The molecule has 1 N–H and O–H groups in total. The number of nitrogens with zero attached hydrogens (tertiary/aromatic N) is 1. The normalized spacial score (nSPS) is 20.2. The molecular formula is C15H19FN2O3S. The molecule has 0 bridgehead atoms. The van der Waals surface area contributed by atoms with E-state index in [0.717, 1.165) is 0 Å². The highest BCUT2D eigenvalue weighted by atomic mass is 32.2. The van der Waals surface area contributed by atoms with Gasteiger partial charge in [0, 0.05) is 18.8 Å². The van der Waals surface area contributed by atoms with Crippen LogP contribution in [0.1, 0.15) is 18.9 Å². The van der Waals surface area contributed by atoms with E-state index in [1.54, 1.807) is 25.1 Å². The number of nitrogens with one attached hydrogen (secondary N) is 1. The Morgan fingerprint density at radius 2 is 2.27 bits per heavy atom. The molecule has 2 rings (SSSR count). The third kappa shape index (κ3) is 4.30. The lowest BCUT2D eigenvalue weighted by molar-refractivity contribution is 0.187. The summed E-state index contributed by atoms with van der Waals surface area (Å²) in [4.78, 5) is 13.6. The molecule has 22 heavy (non-hydrogen) atoms. The first kappa shape index (κ1) is 16.5. The van der Waals surface area contributed by atoms with Crippen molar-refractivity contribution >= 4 is 21.9 Å². The topological polar surface area (TPSA) is 66.5 Å². The van der Waals surface area contributed by atoms with Crippen LogP contribution in [0.25, 0.3) is 6.08 Å². The number of urea groups is 1. The Kier molecular flexibility index (Phi) is 5.18. The number of hydrogen-bond acceptors (Lipinski definition) is 3. The lowest BCUT2D eigenvalue weighted by Crippen LogP contribution is -2.45. The van der Waals surface area contributed by atoms with Gasteiger partial charge in [0.25, 0.3) is 0 Å². The smallest absolute Gasteiger partial charge is 0.321 e. The SMILES string of the molecule is CCN(C(=O)N/C=C/c1cccc(F)c1)C1CCS(=O)(=O)C1. The predicted octanol–water partition coefficient (Wildman–Crippen LogP) is 2.02. The molecule has 1 aliphatic rings. The van der Waals surface area contributed by atoms with Crippen LogP contribution in [0.2, 0.25) is 0 Å². The van der Waals surface area contributed by atoms with E-state index in [4.69, 9.17) is 0 Å². The average molecular weight is 326 g/mol. The summed E-state index contributed by atoms with van der Waals surface area (Å²) in [5.74, 6) is -0.206. The quantitative estimate of drug-likeness (QED) is 0.920. The monoisotopic (exact) mass is 326 g/mol. The second-order valence-corrected chi connectivity index (χ2v) is 7.41. The molecule has 0 spiro atoms. The van der Waals surface area contributed by atoms with Gasteiger partial charge < -0.3 is 10.2 Å². The maximum absolute atomic E-state index is 13.0. The van der Waals surface area contributed by atoms with Crippen LogP contribution in [-0.2, 0) is 9.84 Å². The predicted molar refractivity (Wildman–Crippen MR) is 83.4 cm³/mol. The van der Waals surface area contributed by atoms with Crippen LogP contribution in [0.15, 0.2) is 30.5 Å². The molecule has 0 aromatic heterocycles. The second-order valence-electron chi connectivity index (χ2n) is 5.18. The Bertz CT molecular complexity index is 673. The highest BCUT2D eigenvalue weighted by Gasteiger charge is 2.33. The van der Waals surface area contributed by atoms with Gasteiger partial charge in [-0.05, 0) is 37.1 Å². The van der Waals surface area contributed by atoms with Crippen molar-refractivity contribution in [2.24, 2.45) is 0 Å². The molecule has 0 radical (unpaired) electrons. The van der Waals surface area contributed by atoms with Crippen LogP contribution in [0, 0.1) is 5.82 Å². The second kappa shape index (κ2) is 6.91. The summed E-state index contributed by atoms with van der Waals surface area (Å²) in [6.45, 7) is 2.24. The summed E-state index contributed by atoms with van der Waals surface area (Å²) in [7, 11) is -3.03. The average Bonchev–Trinajstić information content (AvgIpc) is 2.80. The first-order valence-corrected chi connectivity index (χ1v) is 8.93. The first-order valence-electron chi connectivity index (χ1n) is 7.11. The minimum atomic E-state index is -3.03. The molecule has 1 aliphatic heterocycles. The number of carbonyl (C=O) groups excluding carboxylic acids is 1. The van der Waals surface area contributed by atoms with Crippen molar-refractivity contribution < 1.29 is 17.6 Å². The van der Waals surface area contributed by atoms with Crippen LogP contribution in [0.4, 0.5) is 9.18 Å². The summed E-state index contributed by atoms with van der Waals surface area (Å²) in [6.07, 6.45) is 3.49. The molecule has 1 aromatic carbocycles. The van der Waals surface area contributed by atoms with Crippen molar-refractivity contribution in [3.05, 3.63) is 41.8 Å². The van der Waals surface area contributed by atoms with Gasteiger partial charge in [0.1, 0.15) is 5.82 Å². The summed E-state index contributed by atoms with van der Waals surface area (Å²) < 4.78 is 36.0. The summed E-state index contributed by atoms with van der Waals surface area (Å²) in [5.41, 5.74) is 0.631. The number of benzene rings is 1. The standard InChI is InChI=1S/C15H19FN2O3S/c1-2-18(14-7-9-22(20,21)11-14)15(19)17-8-6-12-4-3-5-13(16)10-12/h3-6,8,10,14H,2,7,9,11H2,1H3,(H,17,19)/b8-6+. The minimum Gasteiger partial charge on any atom is -0.321 e. The molecular weight excluding hydrogens is 307 g/mol. The molecule has 1 heterocycles. The van der Waals surface area contributed by atoms with Gasteiger partial charge >= 0.3 is 6.03 Å². The van der Waals surface area contributed by atoms with E-state index >= 15 is 0 Å². The van der Waals surface area contributed by atoms with E-state index in [-0.39, 0.29) is 29.4 Å². The maximum Gasteiger partial charge on any atom is 0.321 e. The van der Waals surface area contributed by atoms with Gasteiger partial charge in [-0.15, -0.1) is 0 Å². The van der Waals surface area contributed by atoms with Crippen LogP contribution in [-0.4, -0.2) is 43.4 Å². The number of sulfone groups is 1. The van der Waals surface area contributed by atoms with Crippen molar-refractivity contribution in [1.29, 1.82) is 0 Å². The first-order chi connectivity index (χ1) is 10.4. The number of amides is 2. The van der Waals surface area contributed by atoms with Crippen molar-refractivity contribution in [2.75, 3.05) is 18.1 Å². The van der Waals surface area contributed by atoms with Crippen LogP contribution < -0.4 is 5.32 Å². The van der Waals surface area contributed by atoms with Crippen molar-refractivity contribution in [3.63, 3.8) is 0 Å². The zero-order valence-corrected chi connectivity index (χ0v) is 13.1. The largest absolute Gasteiger partial charge is 0.321 e. The third-order valence-electron chi connectivity index (χ3n) is 3.58. The summed E-state index contributed by atoms with van der Waals surface area (Å²) in [6, 6.07) is 5.36. The van der Waals surface area contributed by atoms with E-state index in [1.165, 1.54) is 23.2 Å². The highest BCUT2D eigenvalue weighted by Crippen LogP contribution is 2.17. The zero-order chi connectivity index (χ0) is 16.2. The van der Waals surface area contributed by atoms with E-state index in [1.807, 2.05) is 0 Å². The Morgan fingerprint density at radius 1 is 1.50 bits per heavy atom. The highest BCUT2D eigenvalue weighted by molar-refractivity contribution is 7.91. The fraction of sp³-hybridized carbons (Fsp3) is 0.400. The maximum atomic E-state index is 13.0. The van der Waals surface area contributed by atoms with Crippen molar-refractivity contribution in [1.82, 2.24) is 10.2 Å². The van der Waals surface area contributed by atoms with E-state index < -0.39 is 9.84 Å². The van der Waals surface area contributed by atoms with Gasteiger partial charge in [-0.3, -0.25) is 0 Å². The Hall–Kier alpha value is -1.89. The molecule has 0 aliphatic carbocycles. The van der Waals surface area contributed by atoms with Crippen molar-refractivity contribution in [2.45, 2.75) is 19.4 Å². The number of halogens is 1. The van der Waals surface area contributed by atoms with Gasteiger partial charge in [0.2, 0.25) is 0 Å². The third-order valence-corrected chi connectivity index (χ3v) is 5.33. The van der Waals surface area contributed by atoms with Gasteiger partial charge in [-0.25, -0.2) is 17.6 Å². The Morgan fingerprint density at radius 3 is 2.86 bits per heavy atom. The summed E-state index contributed by atoms with van der Waals surface area (Å²) in [5, 5.41) is 2.60. The van der Waals surface area contributed by atoms with Crippen LogP contribution >= 0.6 is 0 Å². The van der Waals surface area contributed by atoms with Gasteiger partial charge in [-0.2, -0.15) is 0 Å². The molecule has 1 aromatic rings. The van der Waals surface area contributed by atoms with Gasteiger partial charge in [-0.1, -0.05) is 12.1 Å². The molecule has 120 valence electrons. The molecule has 1 fully saturated rings. The van der Waals surface area contributed by atoms with E-state index in [0.29, 0.717) is 18.5 Å². The molecule has 1 unspecified atom stereocenters. The fourth-order valence-corrected chi connectivity index (χ4v) is 4.22. The molecule has 2 amide bonds. The number of carbonyl (C=O) groups is 1. The number of hydrogen-bond donors (Lipinski definition) is 1. The van der Waals surface area contributed by atoms with Crippen LogP contribution in [0.3, 0.4) is 0 Å². The molecule has 1 saturated heterocycles. The fourth-order valence-electron chi connectivity index (χ4n) is 2.49. The Balaban J connectivity index is 1.95. The molecule has 5 nitrogen and oxygen atoms in total. The number of rotatable bonds is 4. The van der Waals surface area contributed by atoms with Crippen LogP contribution in [0.5, 0.6) is 0 Å². The Labute approximate surface area is 129 Å². The zero-order valence-electron chi connectivity index (χ0n) is 12.3. The molecule has 1 atom stereocenters. The molecule has 0 saturated carbocycles. The summed E-state index contributed by atoms with van der Waals surface area (Å²) >= 11 is 0. The minimum absolute atomic E-state index is 0.0157. The van der Waals surface area contributed by atoms with E-state index in [2.05, 4.69) is 5.32 Å². The van der Waals surface area contributed by atoms with Gasteiger partial charge in [0.15, 0.2) is 9.84 Å². The lowest BCUT2D eigenvalue weighted by Gasteiger charge is -2.26. The van der Waals surface area contributed by atoms with E-state index in [9.17, 15) is 17.6 Å². The van der Waals surface area contributed by atoms with Crippen molar-refractivity contribution in [3.8, 4) is 0 Å². The van der Waals surface area contributed by atoms with Gasteiger partial charge in [0.05, 0.1) is 11.5 Å². The lowest BCUT2D eigenvalue weighted by atomic mass is 10.2.